The zero-order chi connectivity index (χ0) is 0. The Bertz CT molecular complexity index is 8.00. The first-order valence-corrected chi connectivity index (χ1v) is 0. The molecule has 0 bridgehead atoms. The van der Waals surface area contributed by atoms with Crippen LogP contribution in [0.3, 0.4) is 0 Å². The second-order valence-corrected chi connectivity index (χ2v) is 0. The molecule has 0 N–H and O–H groups in total. The van der Waals surface area contributed by atoms with Gasteiger partial charge in [-0.1, -0.05) is 0 Å². The molecule has 0 aromatic carbocycles. The molecule has 3 radical (unpaired) electrons. The summed E-state index contributed by atoms with van der Waals surface area (Å²) in [7, 11) is 0. The second-order valence-electron chi connectivity index (χ2n) is 0. The van der Waals surface area contributed by atoms with Crippen LogP contribution in [0.15, 0.2) is 0 Å². The maximum Gasteiger partial charge on any atom is 3.00 e. The van der Waals surface area contributed by atoms with Gasteiger partial charge in [-0.3, -0.25) is 0 Å². The van der Waals surface area contributed by atoms with Crippen LogP contribution in [0.1, 0.15) is 0 Å². The van der Waals surface area contributed by atoms with Crippen LogP contribution in [0.25, 0.3) is 0 Å². The van der Waals surface area contributed by atoms with Crippen molar-refractivity contribution in [1.82, 2.24) is 0 Å². The van der Waals surface area contributed by atoms with E-state index in [0.717, 1.165) is 0 Å². The van der Waals surface area contributed by atoms with E-state index < -0.39 is 0 Å². The van der Waals surface area contributed by atoms with Gasteiger partial charge >= 0.3 is 88.8 Å². The molecule has 4 heavy (non-hydrogen) atoms. The molecule has 0 aliphatic rings. The molecule has 0 fully saturated rings. The van der Waals surface area contributed by atoms with Gasteiger partial charge in [0.2, 0.25) is 0 Å². The zero-order valence-corrected chi connectivity index (χ0v) is 9.76. The second kappa shape index (κ2) is 17.0. The number of hydrogen-bond acceptors (Lipinski definition) is 0. The van der Waals surface area contributed by atoms with Crippen LogP contribution in [0, 0.1) is 0 Å². The van der Waals surface area contributed by atoms with Gasteiger partial charge in [0.05, 0.1) is 0 Å². The Balaban J connectivity index is 0. The number of rotatable bonds is 0. The van der Waals surface area contributed by atoms with Crippen molar-refractivity contribution in [2.45, 2.75) is 0 Å². The largest absolute Gasteiger partial charge is 3.00 e. The van der Waals surface area contributed by atoms with E-state index in [0.29, 0.717) is 0 Å². The minimum absolute atomic E-state index is 0. The van der Waals surface area contributed by atoms with Crippen molar-refractivity contribution in [3.63, 3.8) is 0 Å². The normalized spacial score (nSPS) is 0. The first kappa shape index (κ1) is 28.9. The fourth-order valence-electron chi connectivity index (χ4n) is 0. The van der Waals surface area contributed by atoms with Crippen molar-refractivity contribution >= 4 is 71.7 Å². The van der Waals surface area contributed by atoms with Crippen LogP contribution in [-0.2, 0) is 22.5 Å². The van der Waals surface area contributed by atoms with Crippen LogP contribution >= 0.6 is 0 Å². The topological polar surface area (TPSA) is 28.5 Å². The van der Waals surface area contributed by atoms with Gasteiger partial charge in [0, 0.05) is 0 Å². The molecule has 0 atom stereocenters. The smallest absolute Gasteiger partial charge is 2.00 e. The van der Waals surface area contributed by atoms with E-state index in [-0.39, 0.29) is 94.2 Å². The van der Waals surface area contributed by atoms with Crippen molar-refractivity contribution in [2.24, 2.45) is 0 Å². The van der Waals surface area contributed by atoms with Crippen LogP contribution in [-0.4, -0.2) is 71.7 Å². The Morgan fingerprint density at radius 3 is 1.00 bits per heavy atom. The van der Waals surface area contributed by atoms with E-state index in [2.05, 4.69) is 0 Å². The molecule has 0 unspecified atom stereocenters. The average molecular weight is 376 g/mol. The van der Waals surface area contributed by atoms with E-state index in [4.69, 9.17) is 0 Å². The third-order valence-corrected chi connectivity index (χ3v) is 0. The zero-order valence-electron chi connectivity index (χ0n) is 1.86. The summed E-state index contributed by atoms with van der Waals surface area (Å²) in [6.45, 7) is 0. The van der Waals surface area contributed by atoms with Crippen molar-refractivity contribution in [3.05, 3.63) is 0 Å². The third kappa shape index (κ3) is 8.85. The molecular formula is BiCuOSr+5. The molecule has 0 aliphatic heterocycles. The first-order chi connectivity index (χ1) is 0. The quantitative estimate of drug-likeness (QED) is 0.492. The fourth-order valence-corrected chi connectivity index (χ4v) is 0. The molecule has 1 nitrogen and oxygen atoms in total. The van der Waals surface area contributed by atoms with E-state index in [1.165, 1.54) is 0 Å². The molecule has 0 heterocycles. The summed E-state index contributed by atoms with van der Waals surface area (Å²) in [5, 5.41) is 0. The maximum absolute atomic E-state index is 0. The maximum atomic E-state index is 0. The molecule has 19 valence electrons. The third-order valence-electron chi connectivity index (χ3n) is 0. The van der Waals surface area contributed by atoms with Crippen molar-refractivity contribution in [2.75, 3.05) is 0 Å². The molecular weight excluding hydrogens is 376 g/mol. The summed E-state index contributed by atoms with van der Waals surface area (Å²) in [6.07, 6.45) is 0. The Morgan fingerprint density at radius 2 is 1.00 bits per heavy atom. The van der Waals surface area contributed by atoms with E-state index in [1.807, 2.05) is 0 Å². The average Bonchev–Trinajstić information content (AvgIpc) is 0. The van der Waals surface area contributed by atoms with Gasteiger partial charge in [-0.25, -0.2) is 0 Å². The molecule has 0 amide bonds. The Hall–Kier alpha value is 2.84. The van der Waals surface area contributed by atoms with Crippen molar-refractivity contribution in [3.8, 4) is 0 Å². The molecule has 4 heteroatoms. The van der Waals surface area contributed by atoms with Crippen molar-refractivity contribution < 1.29 is 22.5 Å². The van der Waals surface area contributed by atoms with Gasteiger partial charge < -0.3 is 5.48 Å². The summed E-state index contributed by atoms with van der Waals surface area (Å²) in [5.74, 6) is 0. The van der Waals surface area contributed by atoms with Gasteiger partial charge in [-0.15, -0.1) is 0 Å². The predicted molar refractivity (Wildman–Crippen MR) is 12.2 cm³/mol. The van der Waals surface area contributed by atoms with Crippen LogP contribution in [0.5, 0.6) is 0 Å². The van der Waals surface area contributed by atoms with E-state index in [1.54, 1.807) is 0 Å². The SMILES string of the molecule is [Bi+3].[Cu+2].[O-2].[Sr+2]. The summed E-state index contributed by atoms with van der Waals surface area (Å²) in [4.78, 5) is 0. The fraction of sp³-hybridized carbons (Fsp3) is 0. The summed E-state index contributed by atoms with van der Waals surface area (Å²) in [5.41, 5.74) is 0. The van der Waals surface area contributed by atoms with Crippen LogP contribution < -0.4 is 0 Å². The van der Waals surface area contributed by atoms with Gasteiger partial charge in [0.25, 0.3) is 0 Å². The molecule has 0 spiro atoms. The molecule has 0 rings (SSSR count). The molecule has 0 aliphatic carbocycles. The Kier molecular flexibility index (Phi) is 123. The Labute approximate surface area is 92.1 Å². The number of hydrogen-bond donors (Lipinski definition) is 0. The molecule has 0 saturated heterocycles. The Morgan fingerprint density at radius 1 is 1.00 bits per heavy atom. The van der Waals surface area contributed by atoms with Gasteiger partial charge in [0.1, 0.15) is 0 Å². The standard InChI is InChI=1S/Bi.Cu.O.Sr/q+3;+2;-2;+2. The molecule has 0 aromatic heterocycles. The van der Waals surface area contributed by atoms with Gasteiger partial charge in [0.15, 0.2) is 0 Å². The van der Waals surface area contributed by atoms with E-state index >= 15 is 0 Å². The van der Waals surface area contributed by atoms with Crippen molar-refractivity contribution in [1.29, 1.82) is 0 Å². The minimum atomic E-state index is 0. The molecule has 0 saturated carbocycles. The van der Waals surface area contributed by atoms with Crippen LogP contribution in [0.2, 0.25) is 0 Å². The van der Waals surface area contributed by atoms with E-state index in [9.17, 15) is 0 Å². The predicted octanol–water partition coefficient (Wildman–Crippen LogP) is -0.883. The summed E-state index contributed by atoms with van der Waals surface area (Å²) < 4.78 is 0. The summed E-state index contributed by atoms with van der Waals surface area (Å²) >= 11 is 0. The van der Waals surface area contributed by atoms with Crippen LogP contribution in [0.4, 0.5) is 0 Å². The monoisotopic (exact) mass is 376 g/mol. The van der Waals surface area contributed by atoms with Gasteiger partial charge in [-0.05, 0) is 0 Å². The molecule has 0 aromatic rings. The van der Waals surface area contributed by atoms with Gasteiger partial charge in [-0.2, -0.15) is 0 Å². The minimum Gasteiger partial charge on any atom is -2.00 e. The first-order valence-electron chi connectivity index (χ1n) is 0. The summed E-state index contributed by atoms with van der Waals surface area (Å²) in [6, 6.07) is 0.